The van der Waals surface area contributed by atoms with Crippen LogP contribution in [0.3, 0.4) is 0 Å². The van der Waals surface area contributed by atoms with Gasteiger partial charge in [-0.3, -0.25) is 4.79 Å². The van der Waals surface area contributed by atoms with Crippen molar-refractivity contribution in [1.29, 1.82) is 0 Å². The quantitative estimate of drug-likeness (QED) is 0.815. The van der Waals surface area contributed by atoms with Crippen LogP contribution in [0.25, 0.3) is 0 Å². The zero-order valence-electron chi connectivity index (χ0n) is 13.8. The third kappa shape index (κ3) is 5.84. The molecule has 0 aromatic heterocycles. The average Bonchev–Trinajstić information content (AvgIpc) is 2.28. The Morgan fingerprint density at radius 1 is 1.29 bits per heavy atom. The van der Waals surface area contributed by atoms with E-state index in [0.29, 0.717) is 17.5 Å². The minimum absolute atomic E-state index is 0.0501. The number of hydrogen-bond donors (Lipinski definition) is 2. The number of amides is 1. The number of aryl methyl sites for hydroxylation is 1. The summed E-state index contributed by atoms with van der Waals surface area (Å²) in [7, 11) is 0. The number of carbonyl (C=O) groups is 1. The van der Waals surface area contributed by atoms with Crippen LogP contribution in [0.1, 0.15) is 58.1 Å². The average molecular weight is 306 g/mol. The molecule has 0 fully saturated rings. The largest absolute Gasteiger partial charge is 0.332 e. The fraction of sp³-hybridized carbons (Fsp3) is 0.529. The molecule has 1 aromatic carbocycles. The number of rotatable bonds is 3. The van der Waals surface area contributed by atoms with Gasteiger partial charge in [-0.25, -0.2) is 0 Å². The summed E-state index contributed by atoms with van der Waals surface area (Å²) >= 11 is 5.26. The Kier molecular flexibility index (Phi) is 5.90. The summed E-state index contributed by atoms with van der Waals surface area (Å²) in [5, 5.41) is 6.30. The van der Waals surface area contributed by atoms with Crippen molar-refractivity contribution in [3.63, 3.8) is 0 Å². The first-order valence-electron chi connectivity index (χ1n) is 7.30. The molecule has 2 N–H and O–H groups in total. The standard InChI is InChI=1S/C17H26N2OS/c1-11(2)13-9-7-8-12(3)15(13)19-16(21)18-14(20)10-17(4,5)6/h7-9,11H,10H2,1-6H3,(H2,18,19,20,21). The van der Waals surface area contributed by atoms with Crippen molar-refractivity contribution in [1.82, 2.24) is 5.32 Å². The molecule has 1 rings (SSSR count). The van der Waals surface area contributed by atoms with E-state index in [9.17, 15) is 4.79 Å². The highest BCUT2D eigenvalue weighted by Crippen LogP contribution is 2.27. The zero-order valence-corrected chi connectivity index (χ0v) is 14.6. The highest BCUT2D eigenvalue weighted by atomic mass is 32.1. The van der Waals surface area contributed by atoms with Gasteiger partial charge < -0.3 is 10.6 Å². The molecule has 0 aliphatic carbocycles. The summed E-state index contributed by atoms with van der Waals surface area (Å²) in [4.78, 5) is 11.9. The molecule has 116 valence electrons. The summed E-state index contributed by atoms with van der Waals surface area (Å²) < 4.78 is 0. The predicted octanol–water partition coefficient (Wildman–Crippen LogP) is 4.37. The molecule has 0 aliphatic heterocycles. The highest BCUT2D eigenvalue weighted by molar-refractivity contribution is 7.80. The molecular weight excluding hydrogens is 280 g/mol. The summed E-state index contributed by atoms with van der Waals surface area (Å²) in [6, 6.07) is 6.16. The third-order valence-electron chi connectivity index (χ3n) is 3.11. The van der Waals surface area contributed by atoms with Gasteiger partial charge in [-0.1, -0.05) is 52.8 Å². The second-order valence-electron chi connectivity index (χ2n) is 6.93. The lowest BCUT2D eigenvalue weighted by atomic mass is 9.92. The summed E-state index contributed by atoms with van der Waals surface area (Å²) in [5.74, 6) is 0.333. The van der Waals surface area contributed by atoms with Gasteiger partial charge in [0, 0.05) is 12.1 Å². The van der Waals surface area contributed by atoms with E-state index >= 15 is 0 Å². The van der Waals surface area contributed by atoms with Crippen LogP contribution in [-0.4, -0.2) is 11.0 Å². The Labute approximate surface area is 133 Å². The van der Waals surface area contributed by atoms with Gasteiger partial charge in [-0.2, -0.15) is 0 Å². The molecule has 0 saturated carbocycles. The van der Waals surface area contributed by atoms with E-state index < -0.39 is 0 Å². The van der Waals surface area contributed by atoms with Gasteiger partial charge in [-0.05, 0) is 41.6 Å². The second kappa shape index (κ2) is 7.03. The van der Waals surface area contributed by atoms with E-state index in [1.165, 1.54) is 5.56 Å². The lowest BCUT2D eigenvalue weighted by Gasteiger charge is -2.20. The number of benzene rings is 1. The van der Waals surface area contributed by atoms with Crippen LogP contribution in [0.15, 0.2) is 18.2 Å². The van der Waals surface area contributed by atoms with Crippen LogP contribution in [-0.2, 0) is 4.79 Å². The maximum atomic E-state index is 11.9. The molecule has 21 heavy (non-hydrogen) atoms. The van der Waals surface area contributed by atoms with Crippen molar-refractivity contribution >= 4 is 28.9 Å². The van der Waals surface area contributed by atoms with Crippen LogP contribution < -0.4 is 10.6 Å². The Balaban J connectivity index is 2.78. The van der Waals surface area contributed by atoms with Gasteiger partial charge in [0.1, 0.15) is 0 Å². The molecule has 0 radical (unpaired) electrons. The molecule has 0 atom stereocenters. The van der Waals surface area contributed by atoms with E-state index in [1.807, 2.05) is 39.8 Å². The molecule has 0 aliphatic rings. The van der Waals surface area contributed by atoms with Gasteiger partial charge in [0.25, 0.3) is 0 Å². The normalized spacial score (nSPS) is 11.4. The van der Waals surface area contributed by atoms with Crippen molar-refractivity contribution < 1.29 is 4.79 Å². The second-order valence-corrected chi connectivity index (χ2v) is 7.34. The molecule has 0 spiro atoms. The Hall–Kier alpha value is -1.42. The van der Waals surface area contributed by atoms with E-state index in [2.05, 4.69) is 30.5 Å². The van der Waals surface area contributed by atoms with Crippen LogP contribution in [0.2, 0.25) is 0 Å². The number of hydrogen-bond acceptors (Lipinski definition) is 2. The summed E-state index contributed by atoms with van der Waals surface area (Å²) in [6.45, 7) is 12.4. The van der Waals surface area contributed by atoms with E-state index in [0.717, 1.165) is 11.3 Å². The minimum atomic E-state index is -0.0559. The molecular formula is C17H26N2OS. The van der Waals surface area contributed by atoms with E-state index in [-0.39, 0.29) is 11.3 Å². The molecule has 0 heterocycles. The maximum absolute atomic E-state index is 11.9. The van der Waals surface area contributed by atoms with Crippen LogP contribution in [0.4, 0.5) is 5.69 Å². The van der Waals surface area contributed by atoms with Crippen molar-refractivity contribution in [2.75, 3.05) is 5.32 Å². The number of thiocarbonyl (C=S) groups is 1. The molecule has 0 bridgehead atoms. The van der Waals surface area contributed by atoms with E-state index in [1.54, 1.807) is 0 Å². The Bertz CT molecular complexity index is 530. The Morgan fingerprint density at radius 2 is 1.90 bits per heavy atom. The summed E-state index contributed by atoms with van der Waals surface area (Å²) in [5.41, 5.74) is 3.26. The lowest BCUT2D eigenvalue weighted by molar-refractivity contribution is -0.121. The first kappa shape index (κ1) is 17.6. The first-order chi connectivity index (χ1) is 9.60. The van der Waals surface area contributed by atoms with Crippen LogP contribution in [0, 0.1) is 12.3 Å². The van der Waals surface area contributed by atoms with Crippen molar-refractivity contribution in [2.45, 2.75) is 53.9 Å². The monoisotopic (exact) mass is 306 g/mol. The van der Waals surface area contributed by atoms with Crippen molar-refractivity contribution in [3.8, 4) is 0 Å². The number of nitrogens with one attached hydrogen (secondary N) is 2. The van der Waals surface area contributed by atoms with E-state index in [4.69, 9.17) is 12.2 Å². The van der Waals surface area contributed by atoms with Gasteiger partial charge in [0.2, 0.25) is 5.91 Å². The molecule has 1 amide bonds. The predicted molar refractivity (Wildman–Crippen MR) is 93.7 cm³/mol. The fourth-order valence-electron chi connectivity index (χ4n) is 2.14. The van der Waals surface area contributed by atoms with Crippen molar-refractivity contribution in [3.05, 3.63) is 29.3 Å². The molecule has 1 aromatic rings. The lowest BCUT2D eigenvalue weighted by Crippen LogP contribution is -2.36. The van der Waals surface area contributed by atoms with Gasteiger partial charge >= 0.3 is 0 Å². The third-order valence-corrected chi connectivity index (χ3v) is 3.31. The SMILES string of the molecule is Cc1cccc(C(C)C)c1NC(=S)NC(=O)CC(C)(C)C. The van der Waals surface area contributed by atoms with Crippen LogP contribution in [0.5, 0.6) is 0 Å². The van der Waals surface area contributed by atoms with Crippen LogP contribution >= 0.6 is 12.2 Å². The molecule has 0 saturated heterocycles. The summed E-state index contributed by atoms with van der Waals surface area (Å²) in [6.07, 6.45) is 0.444. The first-order valence-corrected chi connectivity index (χ1v) is 7.71. The Morgan fingerprint density at radius 3 is 2.43 bits per heavy atom. The smallest absolute Gasteiger partial charge is 0.226 e. The van der Waals surface area contributed by atoms with Gasteiger partial charge in [-0.15, -0.1) is 0 Å². The maximum Gasteiger partial charge on any atom is 0.226 e. The van der Waals surface area contributed by atoms with Gasteiger partial charge in [0.05, 0.1) is 0 Å². The number of carbonyl (C=O) groups excluding carboxylic acids is 1. The highest BCUT2D eigenvalue weighted by Gasteiger charge is 2.17. The molecule has 0 unspecified atom stereocenters. The van der Waals surface area contributed by atoms with Gasteiger partial charge in [0.15, 0.2) is 5.11 Å². The minimum Gasteiger partial charge on any atom is -0.332 e. The fourth-order valence-corrected chi connectivity index (χ4v) is 2.36. The number of para-hydroxylation sites is 1. The number of anilines is 1. The van der Waals surface area contributed by atoms with Crippen molar-refractivity contribution in [2.24, 2.45) is 5.41 Å². The molecule has 4 heteroatoms. The molecule has 3 nitrogen and oxygen atoms in total. The topological polar surface area (TPSA) is 41.1 Å². The zero-order chi connectivity index (χ0) is 16.2.